The average molecular weight is 332 g/mol. The summed E-state index contributed by atoms with van der Waals surface area (Å²) in [6.07, 6.45) is 1.19. The Kier molecular flexibility index (Phi) is 3.38. The zero-order valence-corrected chi connectivity index (χ0v) is 12.1. The number of aryl methyl sites for hydroxylation is 1. The Morgan fingerprint density at radius 2 is 2.06 bits per heavy atom. The molecule has 2 rings (SSSR count). The SMILES string of the molecule is Cc1cc(C(=O)NC2(C(N)=O)CC2)cc(Cl)c1Br. The first kappa shape index (κ1) is 13.4. The lowest BCUT2D eigenvalue weighted by Crippen LogP contribution is -2.46. The molecule has 0 unspecified atom stereocenters. The van der Waals surface area contributed by atoms with Gasteiger partial charge in [0.1, 0.15) is 5.54 Å². The van der Waals surface area contributed by atoms with Crippen molar-refractivity contribution in [3.8, 4) is 0 Å². The molecule has 18 heavy (non-hydrogen) atoms. The van der Waals surface area contributed by atoms with Gasteiger partial charge in [0, 0.05) is 10.0 Å². The van der Waals surface area contributed by atoms with Gasteiger partial charge >= 0.3 is 0 Å². The van der Waals surface area contributed by atoms with Crippen molar-refractivity contribution in [2.24, 2.45) is 5.73 Å². The number of primary amides is 1. The van der Waals surface area contributed by atoms with E-state index in [0.717, 1.165) is 10.0 Å². The van der Waals surface area contributed by atoms with Gasteiger partial charge in [-0.2, -0.15) is 0 Å². The normalized spacial score (nSPS) is 16.2. The van der Waals surface area contributed by atoms with Gasteiger partial charge in [0.25, 0.3) is 5.91 Å². The number of amides is 2. The van der Waals surface area contributed by atoms with Gasteiger partial charge in [-0.3, -0.25) is 9.59 Å². The number of carbonyl (C=O) groups excluding carboxylic acids is 2. The lowest BCUT2D eigenvalue weighted by Gasteiger charge is -2.14. The molecular weight excluding hydrogens is 320 g/mol. The molecule has 0 atom stereocenters. The molecule has 0 aromatic heterocycles. The van der Waals surface area contributed by atoms with Crippen molar-refractivity contribution >= 4 is 39.3 Å². The molecule has 0 bridgehead atoms. The van der Waals surface area contributed by atoms with Crippen molar-refractivity contribution in [2.45, 2.75) is 25.3 Å². The predicted molar refractivity (Wildman–Crippen MR) is 72.5 cm³/mol. The van der Waals surface area contributed by atoms with Crippen LogP contribution in [0, 0.1) is 6.92 Å². The maximum atomic E-state index is 12.0. The van der Waals surface area contributed by atoms with Crippen LogP contribution in [0.2, 0.25) is 5.02 Å². The number of halogens is 2. The smallest absolute Gasteiger partial charge is 0.252 e. The minimum atomic E-state index is -0.857. The molecule has 3 N–H and O–H groups in total. The van der Waals surface area contributed by atoms with Crippen molar-refractivity contribution in [3.05, 3.63) is 32.8 Å². The number of benzene rings is 1. The van der Waals surface area contributed by atoms with E-state index in [1.54, 1.807) is 12.1 Å². The van der Waals surface area contributed by atoms with Gasteiger partial charge in [-0.25, -0.2) is 0 Å². The van der Waals surface area contributed by atoms with E-state index in [-0.39, 0.29) is 5.91 Å². The van der Waals surface area contributed by atoms with Crippen molar-refractivity contribution in [1.82, 2.24) is 5.32 Å². The van der Waals surface area contributed by atoms with Crippen molar-refractivity contribution in [2.75, 3.05) is 0 Å². The molecule has 1 aliphatic carbocycles. The topological polar surface area (TPSA) is 72.2 Å². The second-order valence-corrected chi connectivity index (χ2v) is 5.69. The Labute approximate surface area is 118 Å². The number of nitrogens with two attached hydrogens (primary N) is 1. The van der Waals surface area contributed by atoms with Crippen LogP contribution >= 0.6 is 27.5 Å². The molecule has 0 aliphatic heterocycles. The fraction of sp³-hybridized carbons (Fsp3) is 0.333. The zero-order valence-electron chi connectivity index (χ0n) is 9.72. The van der Waals surface area contributed by atoms with Crippen LogP contribution in [0.5, 0.6) is 0 Å². The Morgan fingerprint density at radius 1 is 1.44 bits per heavy atom. The number of carbonyl (C=O) groups is 2. The van der Waals surface area contributed by atoms with E-state index in [2.05, 4.69) is 21.2 Å². The summed E-state index contributed by atoms with van der Waals surface area (Å²) in [5.41, 5.74) is 5.68. The summed E-state index contributed by atoms with van der Waals surface area (Å²) in [5.74, 6) is -0.820. The summed E-state index contributed by atoms with van der Waals surface area (Å²) in [5, 5.41) is 3.13. The van der Waals surface area contributed by atoms with E-state index in [1.807, 2.05) is 6.92 Å². The van der Waals surface area contributed by atoms with E-state index < -0.39 is 11.4 Å². The molecule has 1 aromatic rings. The summed E-state index contributed by atoms with van der Waals surface area (Å²) in [6.45, 7) is 1.84. The van der Waals surface area contributed by atoms with Gasteiger partial charge in [-0.15, -0.1) is 0 Å². The van der Waals surface area contributed by atoms with E-state index in [1.165, 1.54) is 0 Å². The maximum Gasteiger partial charge on any atom is 0.252 e. The Balaban J connectivity index is 2.22. The molecule has 0 saturated heterocycles. The van der Waals surface area contributed by atoms with Crippen LogP contribution in [0.15, 0.2) is 16.6 Å². The number of nitrogens with one attached hydrogen (secondary N) is 1. The molecular formula is C12H12BrClN2O2. The van der Waals surface area contributed by atoms with E-state index in [0.29, 0.717) is 23.4 Å². The van der Waals surface area contributed by atoms with Gasteiger partial charge in [-0.1, -0.05) is 11.6 Å². The molecule has 1 fully saturated rings. The summed E-state index contributed by atoms with van der Waals surface area (Å²) < 4.78 is 0.761. The second-order valence-electron chi connectivity index (χ2n) is 4.49. The Hall–Kier alpha value is -1.07. The van der Waals surface area contributed by atoms with E-state index >= 15 is 0 Å². The monoisotopic (exact) mass is 330 g/mol. The first-order chi connectivity index (χ1) is 8.35. The molecule has 2 amide bonds. The van der Waals surface area contributed by atoms with Crippen LogP contribution in [-0.4, -0.2) is 17.4 Å². The molecule has 0 heterocycles. The van der Waals surface area contributed by atoms with Crippen molar-refractivity contribution in [3.63, 3.8) is 0 Å². The first-order valence-corrected chi connectivity index (χ1v) is 6.61. The van der Waals surface area contributed by atoms with Gasteiger partial charge in [0.05, 0.1) is 5.02 Å². The van der Waals surface area contributed by atoms with Crippen LogP contribution in [0.4, 0.5) is 0 Å². The molecule has 96 valence electrons. The van der Waals surface area contributed by atoms with Crippen LogP contribution < -0.4 is 11.1 Å². The summed E-state index contributed by atoms with van der Waals surface area (Å²) in [4.78, 5) is 23.2. The molecule has 0 spiro atoms. The van der Waals surface area contributed by atoms with Gasteiger partial charge in [0.15, 0.2) is 0 Å². The third-order valence-corrected chi connectivity index (χ3v) is 4.63. The third kappa shape index (κ3) is 2.37. The highest BCUT2D eigenvalue weighted by Crippen LogP contribution is 2.35. The van der Waals surface area contributed by atoms with Crippen LogP contribution in [-0.2, 0) is 4.79 Å². The van der Waals surface area contributed by atoms with E-state index in [4.69, 9.17) is 17.3 Å². The molecule has 1 aromatic carbocycles. The van der Waals surface area contributed by atoms with Gasteiger partial charge in [0.2, 0.25) is 5.91 Å². The predicted octanol–water partition coefficient (Wildman–Crippen LogP) is 2.16. The molecule has 4 nitrogen and oxygen atoms in total. The Bertz CT molecular complexity index is 518. The zero-order chi connectivity index (χ0) is 13.5. The molecule has 0 radical (unpaired) electrons. The van der Waals surface area contributed by atoms with Crippen LogP contribution in [0.1, 0.15) is 28.8 Å². The lowest BCUT2D eigenvalue weighted by atomic mass is 10.1. The summed E-state index contributed by atoms with van der Waals surface area (Å²) in [7, 11) is 0. The van der Waals surface area contributed by atoms with Crippen molar-refractivity contribution < 1.29 is 9.59 Å². The minimum Gasteiger partial charge on any atom is -0.368 e. The summed E-state index contributed by atoms with van der Waals surface area (Å²) in [6, 6.07) is 3.27. The van der Waals surface area contributed by atoms with Crippen molar-refractivity contribution in [1.29, 1.82) is 0 Å². The highest BCUT2D eigenvalue weighted by Gasteiger charge is 2.49. The highest BCUT2D eigenvalue weighted by molar-refractivity contribution is 9.10. The minimum absolute atomic E-state index is 0.330. The van der Waals surface area contributed by atoms with Crippen LogP contribution in [0.3, 0.4) is 0 Å². The quantitative estimate of drug-likeness (QED) is 0.891. The highest BCUT2D eigenvalue weighted by atomic mass is 79.9. The third-order valence-electron chi connectivity index (χ3n) is 3.05. The fourth-order valence-electron chi connectivity index (χ4n) is 1.71. The molecule has 1 saturated carbocycles. The fourth-order valence-corrected chi connectivity index (χ4v) is 2.20. The van der Waals surface area contributed by atoms with Gasteiger partial charge < -0.3 is 11.1 Å². The Morgan fingerprint density at radius 3 is 2.50 bits per heavy atom. The van der Waals surface area contributed by atoms with Gasteiger partial charge in [-0.05, 0) is 53.4 Å². The number of hydrogen-bond acceptors (Lipinski definition) is 2. The molecule has 1 aliphatic rings. The standard InChI is InChI=1S/C12H12BrClN2O2/c1-6-4-7(5-8(14)9(6)13)10(17)16-12(2-3-12)11(15)18/h4-5H,2-3H2,1H3,(H2,15,18)(H,16,17). The molecule has 6 heteroatoms. The van der Waals surface area contributed by atoms with Crippen LogP contribution in [0.25, 0.3) is 0 Å². The lowest BCUT2D eigenvalue weighted by molar-refractivity contribution is -0.120. The first-order valence-electron chi connectivity index (χ1n) is 5.44. The maximum absolute atomic E-state index is 12.0. The number of hydrogen-bond donors (Lipinski definition) is 2. The average Bonchev–Trinajstić information content (AvgIpc) is 3.06. The van der Waals surface area contributed by atoms with E-state index in [9.17, 15) is 9.59 Å². The second kappa shape index (κ2) is 4.55. The number of rotatable bonds is 3. The summed E-state index contributed by atoms with van der Waals surface area (Å²) >= 11 is 9.32. The largest absolute Gasteiger partial charge is 0.368 e.